The second-order valence-corrected chi connectivity index (χ2v) is 7.24. The largest absolute Gasteiger partial charge is 0.393 e. The lowest BCUT2D eigenvalue weighted by molar-refractivity contribution is 0.145. The number of hydrogen-bond acceptors (Lipinski definition) is 5. The maximum atomic E-state index is 9.85. The standard InChI is InChI=1S/C21H22N6O/c1-25-18(5-8-24-25)15-3-2-4-16(11-15)19-12-23-20-13-22-14-21(27(19)20)26-9-6-17(28)7-10-26/h2-5,8,11-14,17,28H,6-7,9-10H2,1H3. The Bertz CT molecular complexity index is 1120. The number of aliphatic hydroxyl groups is 1. The molecule has 0 bridgehead atoms. The van der Waals surface area contributed by atoms with E-state index in [4.69, 9.17) is 0 Å². The highest BCUT2D eigenvalue weighted by atomic mass is 16.3. The molecule has 3 aromatic heterocycles. The summed E-state index contributed by atoms with van der Waals surface area (Å²) in [6.45, 7) is 1.63. The van der Waals surface area contributed by atoms with E-state index < -0.39 is 0 Å². The summed E-state index contributed by atoms with van der Waals surface area (Å²) in [6, 6.07) is 10.5. The first-order chi connectivity index (χ1) is 13.7. The highest BCUT2D eigenvalue weighted by Crippen LogP contribution is 2.30. The average molecular weight is 374 g/mol. The van der Waals surface area contributed by atoms with E-state index in [-0.39, 0.29) is 6.10 Å². The van der Waals surface area contributed by atoms with Crippen molar-refractivity contribution in [3.8, 4) is 22.5 Å². The minimum absolute atomic E-state index is 0.207. The van der Waals surface area contributed by atoms with Crippen LogP contribution in [-0.2, 0) is 7.05 Å². The van der Waals surface area contributed by atoms with Gasteiger partial charge in [-0.3, -0.25) is 14.1 Å². The number of hydrogen-bond donors (Lipinski definition) is 1. The number of aromatic nitrogens is 5. The van der Waals surface area contributed by atoms with Crippen molar-refractivity contribution in [2.75, 3.05) is 18.0 Å². The van der Waals surface area contributed by atoms with E-state index in [1.165, 1.54) is 0 Å². The second-order valence-electron chi connectivity index (χ2n) is 7.24. The molecule has 1 fully saturated rings. The van der Waals surface area contributed by atoms with Crippen LogP contribution in [0.4, 0.5) is 5.82 Å². The predicted molar refractivity (Wildman–Crippen MR) is 108 cm³/mol. The van der Waals surface area contributed by atoms with E-state index in [0.29, 0.717) is 0 Å². The summed E-state index contributed by atoms with van der Waals surface area (Å²) in [6.07, 6.45) is 8.73. The summed E-state index contributed by atoms with van der Waals surface area (Å²) in [7, 11) is 1.95. The first kappa shape index (κ1) is 16.9. The molecule has 4 heterocycles. The number of aryl methyl sites for hydroxylation is 1. The van der Waals surface area contributed by atoms with Crippen LogP contribution in [0.1, 0.15) is 12.8 Å². The maximum absolute atomic E-state index is 9.85. The number of piperidine rings is 1. The van der Waals surface area contributed by atoms with Gasteiger partial charge in [-0.05, 0) is 25.0 Å². The number of anilines is 1. The Labute approximate surface area is 162 Å². The lowest BCUT2D eigenvalue weighted by Crippen LogP contribution is -2.36. The van der Waals surface area contributed by atoms with Crippen molar-refractivity contribution in [2.24, 2.45) is 7.05 Å². The minimum atomic E-state index is -0.207. The molecule has 0 unspecified atom stereocenters. The van der Waals surface area contributed by atoms with Crippen molar-refractivity contribution in [3.05, 3.63) is 55.1 Å². The topological polar surface area (TPSA) is 71.5 Å². The SMILES string of the molecule is Cn1nccc1-c1cccc(-c2cnc3cncc(N4CCC(O)CC4)n23)c1. The zero-order chi connectivity index (χ0) is 19.1. The summed E-state index contributed by atoms with van der Waals surface area (Å²) in [5.74, 6) is 1.02. The monoisotopic (exact) mass is 374 g/mol. The van der Waals surface area contributed by atoms with Crippen LogP contribution >= 0.6 is 0 Å². The van der Waals surface area contributed by atoms with E-state index in [0.717, 1.165) is 59.9 Å². The van der Waals surface area contributed by atoms with E-state index in [1.54, 1.807) is 6.20 Å². The molecule has 0 atom stereocenters. The van der Waals surface area contributed by atoms with Crippen LogP contribution in [-0.4, -0.2) is 48.4 Å². The zero-order valence-corrected chi connectivity index (χ0v) is 15.7. The van der Waals surface area contributed by atoms with Gasteiger partial charge in [-0.15, -0.1) is 0 Å². The van der Waals surface area contributed by atoms with Gasteiger partial charge >= 0.3 is 0 Å². The molecule has 0 radical (unpaired) electrons. The first-order valence-electron chi connectivity index (χ1n) is 9.54. The lowest BCUT2D eigenvalue weighted by atomic mass is 10.1. The Morgan fingerprint density at radius 3 is 2.54 bits per heavy atom. The van der Waals surface area contributed by atoms with Crippen molar-refractivity contribution < 1.29 is 5.11 Å². The number of rotatable bonds is 3. The van der Waals surface area contributed by atoms with E-state index >= 15 is 0 Å². The van der Waals surface area contributed by atoms with Gasteiger partial charge in [-0.1, -0.05) is 18.2 Å². The smallest absolute Gasteiger partial charge is 0.157 e. The van der Waals surface area contributed by atoms with Crippen LogP contribution in [0.15, 0.2) is 55.1 Å². The molecular formula is C21H22N6O. The molecule has 4 aromatic rings. The summed E-state index contributed by atoms with van der Waals surface area (Å²) in [5.41, 5.74) is 5.13. The molecule has 7 nitrogen and oxygen atoms in total. The zero-order valence-electron chi connectivity index (χ0n) is 15.7. The Hall–Kier alpha value is -3.19. The van der Waals surface area contributed by atoms with Crippen LogP contribution in [0.5, 0.6) is 0 Å². The Kier molecular flexibility index (Phi) is 4.09. The van der Waals surface area contributed by atoms with Gasteiger partial charge in [-0.25, -0.2) is 4.98 Å². The van der Waals surface area contributed by atoms with Crippen molar-refractivity contribution in [1.29, 1.82) is 0 Å². The number of imidazole rings is 1. The summed E-state index contributed by atoms with van der Waals surface area (Å²) in [4.78, 5) is 11.2. The average Bonchev–Trinajstić information content (AvgIpc) is 3.35. The van der Waals surface area contributed by atoms with E-state index in [1.807, 2.05) is 36.4 Å². The maximum Gasteiger partial charge on any atom is 0.157 e. The molecule has 1 saturated heterocycles. The van der Waals surface area contributed by atoms with Crippen molar-refractivity contribution in [1.82, 2.24) is 24.1 Å². The van der Waals surface area contributed by atoms with Crippen molar-refractivity contribution in [3.63, 3.8) is 0 Å². The normalized spacial score (nSPS) is 15.4. The molecule has 28 heavy (non-hydrogen) atoms. The second kappa shape index (κ2) is 6.76. The van der Waals surface area contributed by atoms with Crippen LogP contribution < -0.4 is 4.90 Å². The Balaban J connectivity index is 1.61. The fourth-order valence-corrected chi connectivity index (χ4v) is 3.94. The van der Waals surface area contributed by atoms with E-state index in [9.17, 15) is 5.11 Å². The number of fused-ring (bicyclic) bond motifs is 1. The van der Waals surface area contributed by atoms with Crippen LogP contribution in [0.2, 0.25) is 0 Å². The molecule has 0 amide bonds. The van der Waals surface area contributed by atoms with Gasteiger partial charge in [0.05, 0.1) is 36.1 Å². The van der Waals surface area contributed by atoms with Crippen LogP contribution in [0.3, 0.4) is 0 Å². The van der Waals surface area contributed by atoms with Crippen molar-refractivity contribution in [2.45, 2.75) is 18.9 Å². The quantitative estimate of drug-likeness (QED) is 0.597. The fourth-order valence-electron chi connectivity index (χ4n) is 3.94. The molecule has 0 aliphatic carbocycles. The molecule has 1 N–H and O–H groups in total. The van der Waals surface area contributed by atoms with Crippen LogP contribution in [0, 0.1) is 0 Å². The van der Waals surface area contributed by atoms with Gasteiger partial charge in [-0.2, -0.15) is 5.10 Å². The molecule has 1 aliphatic rings. The summed E-state index contributed by atoms with van der Waals surface area (Å²) in [5, 5.41) is 14.1. The third kappa shape index (κ3) is 2.84. The third-order valence-corrected chi connectivity index (χ3v) is 5.46. The molecule has 1 aliphatic heterocycles. The molecule has 0 spiro atoms. The lowest BCUT2D eigenvalue weighted by Gasteiger charge is -2.31. The van der Waals surface area contributed by atoms with Gasteiger partial charge in [0.1, 0.15) is 5.82 Å². The fraction of sp³-hybridized carbons (Fsp3) is 0.286. The summed E-state index contributed by atoms with van der Waals surface area (Å²) >= 11 is 0. The van der Waals surface area contributed by atoms with Gasteiger partial charge in [0.2, 0.25) is 0 Å². The number of benzene rings is 1. The molecule has 1 aromatic carbocycles. The van der Waals surface area contributed by atoms with E-state index in [2.05, 4.69) is 48.6 Å². The van der Waals surface area contributed by atoms with Crippen molar-refractivity contribution >= 4 is 11.5 Å². The number of aliphatic hydroxyl groups excluding tert-OH is 1. The predicted octanol–water partition coefficient (Wildman–Crippen LogP) is 2.76. The molecule has 0 saturated carbocycles. The number of nitrogens with zero attached hydrogens (tertiary/aromatic N) is 6. The highest BCUT2D eigenvalue weighted by Gasteiger charge is 2.21. The van der Waals surface area contributed by atoms with Gasteiger partial charge in [0.15, 0.2) is 5.65 Å². The van der Waals surface area contributed by atoms with Gasteiger partial charge in [0, 0.05) is 37.5 Å². The van der Waals surface area contributed by atoms with Gasteiger partial charge < -0.3 is 10.0 Å². The first-order valence-corrected chi connectivity index (χ1v) is 9.54. The Morgan fingerprint density at radius 2 is 1.79 bits per heavy atom. The minimum Gasteiger partial charge on any atom is -0.393 e. The molecular weight excluding hydrogens is 352 g/mol. The highest BCUT2D eigenvalue weighted by molar-refractivity contribution is 5.72. The summed E-state index contributed by atoms with van der Waals surface area (Å²) < 4.78 is 4.04. The Morgan fingerprint density at radius 1 is 1.00 bits per heavy atom. The van der Waals surface area contributed by atoms with Gasteiger partial charge in [0.25, 0.3) is 0 Å². The van der Waals surface area contributed by atoms with Crippen LogP contribution in [0.25, 0.3) is 28.2 Å². The molecule has 142 valence electrons. The molecule has 7 heteroatoms. The molecule has 5 rings (SSSR count). The third-order valence-electron chi connectivity index (χ3n) is 5.46.